The van der Waals surface area contributed by atoms with Crippen molar-refractivity contribution in [3.05, 3.63) is 89.5 Å². The summed E-state index contributed by atoms with van der Waals surface area (Å²) in [6.07, 6.45) is 0. The third-order valence-corrected chi connectivity index (χ3v) is 5.85. The van der Waals surface area contributed by atoms with Gasteiger partial charge in [-0.05, 0) is 34.9 Å². The van der Waals surface area contributed by atoms with Crippen LogP contribution in [0.2, 0.25) is 0 Å². The van der Waals surface area contributed by atoms with Gasteiger partial charge in [0.05, 0.1) is 29.6 Å². The van der Waals surface area contributed by atoms with Gasteiger partial charge in [-0.1, -0.05) is 54.6 Å². The molecular weight excluding hydrogens is 436 g/mol. The van der Waals surface area contributed by atoms with Crippen LogP contribution in [0.15, 0.2) is 77.7 Å². The number of hydrogen-bond acceptors (Lipinski definition) is 6. The van der Waals surface area contributed by atoms with Crippen LogP contribution in [0.3, 0.4) is 0 Å². The predicted octanol–water partition coefficient (Wildman–Crippen LogP) is 4.44. The minimum absolute atomic E-state index is 0.121. The largest absolute Gasteiger partial charge is 0.457 e. The van der Waals surface area contributed by atoms with Crippen molar-refractivity contribution in [1.29, 1.82) is 5.26 Å². The molecule has 0 bridgehead atoms. The molecule has 0 fully saturated rings. The minimum atomic E-state index is -0.447. The maximum atomic E-state index is 12.7. The van der Waals surface area contributed by atoms with E-state index in [1.807, 2.05) is 48.5 Å². The van der Waals surface area contributed by atoms with E-state index in [9.17, 15) is 14.9 Å². The Bertz CT molecular complexity index is 1140. The van der Waals surface area contributed by atoms with E-state index >= 15 is 0 Å². The number of rotatable bonds is 10. The molecule has 0 spiro atoms. The Hall–Kier alpha value is -3.60. The first-order chi connectivity index (χ1) is 16.1. The van der Waals surface area contributed by atoms with Crippen molar-refractivity contribution >= 4 is 23.6 Å². The van der Waals surface area contributed by atoms with Crippen LogP contribution in [0.4, 0.5) is 0 Å². The Balaban J connectivity index is 1.59. The van der Waals surface area contributed by atoms with Gasteiger partial charge in [0.15, 0.2) is 0 Å². The van der Waals surface area contributed by atoms with Crippen LogP contribution >= 0.6 is 11.8 Å². The molecule has 1 N–H and O–H groups in total. The normalized spacial score (nSPS) is 10.3. The lowest BCUT2D eigenvalue weighted by atomic mass is 9.99. The molecule has 7 heteroatoms. The molecule has 33 heavy (non-hydrogen) atoms. The summed E-state index contributed by atoms with van der Waals surface area (Å²) in [7, 11) is 1.57. The van der Waals surface area contributed by atoms with Crippen LogP contribution in [0.5, 0.6) is 0 Å². The van der Waals surface area contributed by atoms with Gasteiger partial charge in [-0.2, -0.15) is 5.26 Å². The molecule has 0 aliphatic heterocycles. The van der Waals surface area contributed by atoms with Crippen molar-refractivity contribution in [2.24, 2.45) is 0 Å². The number of ether oxygens (including phenoxy) is 2. The fourth-order valence-corrected chi connectivity index (χ4v) is 3.96. The molecule has 0 aliphatic rings. The zero-order valence-electron chi connectivity index (χ0n) is 18.2. The van der Waals surface area contributed by atoms with Crippen LogP contribution < -0.4 is 5.32 Å². The summed E-state index contributed by atoms with van der Waals surface area (Å²) in [5.74, 6) is -0.380. The number of thioether (sulfide) groups is 1. The van der Waals surface area contributed by atoms with Crippen LogP contribution in [-0.2, 0) is 20.9 Å². The topological polar surface area (TPSA) is 88.4 Å². The van der Waals surface area contributed by atoms with Gasteiger partial charge in [0.2, 0.25) is 5.91 Å². The van der Waals surface area contributed by atoms with E-state index in [0.717, 1.165) is 16.7 Å². The van der Waals surface area contributed by atoms with Crippen LogP contribution in [0.25, 0.3) is 11.1 Å². The highest BCUT2D eigenvalue weighted by atomic mass is 32.2. The highest BCUT2D eigenvalue weighted by Crippen LogP contribution is 2.25. The summed E-state index contributed by atoms with van der Waals surface area (Å²) in [4.78, 5) is 25.3. The SMILES string of the molecule is COCCNC(=O)CSc1ccccc1C(=O)OCc1ccc(-c2ccccc2C#N)cc1. The van der Waals surface area contributed by atoms with Crippen molar-refractivity contribution in [3.8, 4) is 17.2 Å². The van der Waals surface area contributed by atoms with Crippen molar-refractivity contribution in [1.82, 2.24) is 5.32 Å². The van der Waals surface area contributed by atoms with E-state index in [2.05, 4.69) is 11.4 Å². The van der Waals surface area contributed by atoms with Gasteiger partial charge in [0, 0.05) is 18.6 Å². The molecule has 3 aromatic rings. The van der Waals surface area contributed by atoms with E-state index in [0.29, 0.717) is 29.2 Å². The summed E-state index contributed by atoms with van der Waals surface area (Å²) < 4.78 is 10.4. The number of methoxy groups -OCH3 is 1. The molecule has 0 aromatic heterocycles. The monoisotopic (exact) mass is 460 g/mol. The Morgan fingerprint density at radius 2 is 1.73 bits per heavy atom. The number of hydrogen-bond donors (Lipinski definition) is 1. The quantitative estimate of drug-likeness (QED) is 0.273. The molecule has 0 atom stereocenters. The highest BCUT2D eigenvalue weighted by molar-refractivity contribution is 8.00. The fraction of sp³-hybridized carbons (Fsp3) is 0.192. The highest BCUT2D eigenvalue weighted by Gasteiger charge is 2.14. The Morgan fingerprint density at radius 1 is 1.00 bits per heavy atom. The fourth-order valence-electron chi connectivity index (χ4n) is 3.09. The average Bonchev–Trinajstić information content (AvgIpc) is 2.86. The molecule has 0 radical (unpaired) electrons. The molecule has 3 aromatic carbocycles. The lowest BCUT2D eigenvalue weighted by Gasteiger charge is -2.10. The minimum Gasteiger partial charge on any atom is -0.457 e. The van der Waals surface area contributed by atoms with Crippen molar-refractivity contribution in [2.45, 2.75) is 11.5 Å². The van der Waals surface area contributed by atoms with Crippen molar-refractivity contribution < 1.29 is 19.1 Å². The van der Waals surface area contributed by atoms with Gasteiger partial charge in [0.25, 0.3) is 0 Å². The standard InChI is InChI=1S/C26H24N2O4S/c1-31-15-14-28-25(29)18-33-24-9-5-4-8-23(24)26(30)32-17-19-10-12-20(13-11-19)22-7-3-2-6-21(22)16-27/h2-13H,14-15,17-18H2,1H3,(H,28,29). The van der Waals surface area contributed by atoms with Gasteiger partial charge in [-0.25, -0.2) is 4.79 Å². The number of nitriles is 1. The number of benzene rings is 3. The molecular formula is C26H24N2O4S. The summed E-state index contributed by atoms with van der Waals surface area (Å²) in [5.41, 5.74) is 3.66. The number of esters is 1. The summed E-state index contributed by atoms with van der Waals surface area (Å²) in [5, 5.41) is 12.0. The smallest absolute Gasteiger partial charge is 0.339 e. The third kappa shape index (κ3) is 6.94. The zero-order valence-corrected chi connectivity index (χ0v) is 19.1. The number of amides is 1. The van der Waals surface area contributed by atoms with Crippen LogP contribution in [-0.4, -0.2) is 37.9 Å². The summed E-state index contributed by atoms with van der Waals surface area (Å²) in [6, 6.07) is 24.3. The molecule has 0 unspecified atom stereocenters. The first kappa shape index (κ1) is 24.1. The Kier molecular flexibility index (Phi) is 9.07. The second-order valence-corrected chi connectivity index (χ2v) is 8.08. The Morgan fingerprint density at radius 3 is 2.48 bits per heavy atom. The van der Waals surface area contributed by atoms with Gasteiger partial charge in [0.1, 0.15) is 6.61 Å². The predicted molar refractivity (Wildman–Crippen MR) is 128 cm³/mol. The molecule has 6 nitrogen and oxygen atoms in total. The van der Waals surface area contributed by atoms with Crippen LogP contribution in [0.1, 0.15) is 21.5 Å². The van der Waals surface area contributed by atoms with Gasteiger partial charge in [-0.15, -0.1) is 11.8 Å². The van der Waals surface area contributed by atoms with Crippen molar-refractivity contribution in [3.63, 3.8) is 0 Å². The average molecular weight is 461 g/mol. The number of carbonyl (C=O) groups is 2. The maximum absolute atomic E-state index is 12.7. The molecule has 3 rings (SSSR count). The van der Waals surface area contributed by atoms with Gasteiger partial charge in [-0.3, -0.25) is 4.79 Å². The molecule has 0 saturated carbocycles. The van der Waals surface area contributed by atoms with Crippen LogP contribution in [0, 0.1) is 11.3 Å². The maximum Gasteiger partial charge on any atom is 0.339 e. The molecule has 168 valence electrons. The third-order valence-electron chi connectivity index (χ3n) is 4.78. The Labute approximate surface area is 197 Å². The second kappa shape index (κ2) is 12.4. The van der Waals surface area contributed by atoms with E-state index in [1.165, 1.54) is 11.8 Å². The molecule has 0 aliphatic carbocycles. The van der Waals surface area contributed by atoms with Gasteiger partial charge >= 0.3 is 5.97 Å². The zero-order chi connectivity index (χ0) is 23.5. The van der Waals surface area contributed by atoms with E-state index < -0.39 is 5.97 Å². The van der Waals surface area contributed by atoms with Gasteiger partial charge < -0.3 is 14.8 Å². The summed E-state index contributed by atoms with van der Waals surface area (Å²) in [6.45, 7) is 1.01. The van der Waals surface area contributed by atoms with E-state index in [1.54, 1.807) is 31.4 Å². The van der Waals surface area contributed by atoms with E-state index in [-0.39, 0.29) is 18.3 Å². The molecule has 0 heterocycles. The lowest BCUT2D eigenvalue weighted by molar-refractivity contribution is -0.118. The summed E-state index contributed by atoms with van der Waals surface area (Å²) >= 11 is 1.29. The number of nitrogens with zero attached hydrogens (tertiary/aromatic N) is 1. The molecule has 1 amide bonds. The first-order valence-corrected chi connectivity index (χ1v) is 11.3. The number of carbonyl (C=O) groups excluding carboxylic acids is 2. The van der Waals surface area contributed by atoms with E-state index in [4.69, 9.17) is 9.47 Å². The first-order valence-electron chi connectivity index (χ1n) is 10.4. The van der Waals surface area contributed by atoms with Crippen molar-refractivity contribution in [2.75, 3.05) is 26.0 Å². The second-order valence-electron chi connectivity index (χ2n) is 7.06. The number of nitrogens with one attached hydrogen (secondary N) is 1. The lowest BCUT2D eigenvalue weighted by Crippen LogP contribution is -2.28. The molecule has 0 saturated heterocycles.